The van der Waals surface area contributed by atoms with Gasteiger partial charge in [-0.25, -0.2) is 9.97 Å². The quantitative estimate of drug-likeness (QED) is 0.171. The van der Waals surface area contributed by atoms with E-state index >= 15 is 0 Å². The maximum Gasteiger partial charge on any atom is 0.278 e. The Morgan fingerprint density at radius 3 is 1.67 bits per heavy atom. The van der Waals surface area contributed by atoms with Gasteiger partial charge in [-0.1, -0.05) is 35.8 Å². The topological polar surface area (TPSA) is 177 Å². The molecule has 0 spiro atoms. The molecule has 312 valence electrons. The molecule has 0 saturated carbocycles. The van der Waals surface area contributed by atoms with Crippen LogP contribution in [0.25, 0.3) is 57.1 Å². The Morgan fingerprint density at radius 2 is 1.18 bits per heavy atom. The van der Waals surface area contributed by atoms with E-state index in [-0.39, 0.29) is 11.8 Å². The summed E-state index contributed by atoms with van der Waals surface area (Å²) in [5, 5.41) is 18.4. The Kier molecular flexibility index (Phi) is 10.1. The van der Waals surface area contributed by atoms with Crippen LogP contribution < -0.4 is 4.74 Å². The minimum atomic E-state index is 0.182. The lowest BCUT2D eigenvalue weighted by molar-refractivity contribution is 0.192. The van der Waals surface area contributed by atoms with E-state index in [2.05, 4.69) is 44.5 Å². The van der Waals surface area contributed by atoms with Crippen LogP contribution in [0, 0.1) is 0 Å². The number of aryl methyl sites for hydroxylation is 2. The number of aromatic nitrogens is 12. The van der Waals surface area contributed by atoms with Crippen molar-refractivity contribution in [3.63, 3.8) is 0 Å². The van der Waals surface area contributed by atoms with Crippen LogP contribution in [0.15, 0.2) is 70.5 Å². The van der Waals surface area contributed by atoms with E-state index in [1.807, 2.05) is 92.4 Å². The normalized spacial score (nSPS) is 17.0. The second-order valence-electron chi connectivity index (χ2n) is 15.1. The molecule has 2 atom stereocenters. The molecular formula is C43H43ClN12O5. The van der Waals surface area contributed by atoms with Gasteiger partial charge in [0.1, 0.15) is 18.4 Å². The zero-order valence-electron chi connectivity index (χ0n) is 34.4. The van der Waals surface area contributed by atoms with Gasteiger partial charge in [0.05, 0.1) is 54.5 Å². The lowest BCUT2D eigenvalue weighted by Crippen LogP contribution is -2.01. The smallest absolute Gasteiger partial charge is 0.278 e. The highest BCUT2D eigenvalue weighted by molar-refractivity contribution is 6.31. The van der Waals surface area contributed by atoms with Gasteiger partial charge in [0, 0.05) is 91.7 Å². The van der Waals surface area contributed by atoms with Gasteiger partial charge in [0.25, 0.3) is 11.8 Å². The van der Waals surface area contributed by atoms with Gasteiger partial charge in [-0.2, -0.15) is 20.2 Å². The first-order chi connectivity index (χ1) is 29.9. The second kappa shape index (κ2) is 15.9. The SMILES string of the molecule is CC.COc1ccc2c(c1)-c1nn(C)cc1Cc1c(-c3nc([C@@H]4CCOC4)no3)ncn1-2.Cn1cc2c(n1)-c1cc(Cl)ccc1-n1cnc(-c3nc([C@@H]4CCOC4)no3)c1C2. The third-order valence-corrected chi connectivity index (χ3v) is 11.6. The largest absolute Gasteiger partial charge is 0.497 e. The van der Waals surface area contributed by atoms with Crippen LogP contribution in [0.1, 0.15) is 72.7 Å². The Balaban J connectivity index is 0.000000141. The van der Waals surface area contributed by atoms with E-state index in [0.29, 0.717) is 65.9 Å². The summed E-state index contributed by atoms with van der Waals surface area (Å²) in [6.45, 7) is 6.73. The summed E-state index contributed by atoms with van der Waals surface area (Å²) >= 11 is 6.29. The van der Waals surface area contributed by atoms with Crippen molar-refractivity contribution in [2.75, 3.05) is 33.5 Å². The van der Waals surface area contributed by atoms with Gasteiger partial charge in [-0.3, -0.25) is 9.36 Å². The fraction of sp³-hybridized carbons (Fsp3) is 0.349. The molecule has 0 N–H and O–H groups in total. The summed E-state index contributed by atoms with van der Waals surface area (Å²) in [6.07, 6.45) is 10.8. The van der Waals surface area contributed by atoms with Crippen molar-refractivity contribution in [2.45, 2.75) is 51.4 Å². The van der Waals surface area contributed by atoms with E-state index in [1.165, 1.54) is 0 Å². The molecule has 61 heavy (non-hydrogen) atoms. The van der Waals surface area contributed by atoms with Crippen molar-refractivity contribution in [3.8, 4) is 62.8 Å². The van der Waals surface area contributed by atoms with Gasteiger partial charge >= 0.3 is 0 Å². The summed E-state index contributed by atoms with van der Waals surface area (Å²) in [5.41, 5.74) is 11.4. The van der Waals surface area contributed by atoms with Crippen LogP contribution in [0.3, 0.4) is 0 Å². The summed E-state index contributed by atoms with van der Waals surface area (Å²) in [7, 11) is 5.52. The van der Waals surface area contributed by atoms with Crippen LogP contribution in [0.4, 0.5) is 0 Å². The minimum Gasteiger partial charge on any atom is -0.497 e. The van der Waals surface area contributed by atoms with E-state index in [4.69, 9.17) is 40.0 Å². The third-order valence-electron chi connectivity index (χ3n) is 11.3. The van der Waals surface area contributed by atoms with Gasteiger partial charge in [-0.15, -0.1) is 0 Å². The van der Waals surface area contributed by atoms with Crippen molar-refractivity contribution in [1.29, 1.82) is 0 Å². The molecule has 17 nitrogen and oxygen atoms in total. The van der Waals surface area contributed by atoms with Crippen molar-refractivity contribution in [2.24, 2.45) is 14.1 Å². The van der Waals surface area contributed by atoms with Crippen LogP contribution in [-0.4, -0.2) is 92.5 Å². The fourth-order valence-electron chi connectivity index (χ4n) is 8.43. The highest BCUT2D eigenvalue weighted by Gasteiger charge is 2.31. The molecule has 4 aliphatic rings. The first-order valence-electron chi connectivity index (χ1n) is 20.4. The van der Waals surface area contributed by atoms with Gasteiger partial charge in [0.15, 0.2) is 23.0 Å². The summed E-state index contributed by atoms with van der Waals surface area (Å²) in [5.74, 6) is 3.39. The highest BCUT2D eigenvalue weighted by Crippen LogP contribution is 2.41. The number of methoxy groups -OCH3 is 1. The first kappa shape index (κ1) is 38.8. The van der Waals surface area contributed by atoms with Crippen LogP contribution in [0.2, 0.25) is 5.02 Å². The van der Waals surface area contributed by atoms with Crippen molar-refractivity contribution < 1.29 is 23.3 Å². The number of ether oxygens (including phenoxy) is 3. The Morgan fingerprint density at radius 1 is 0.672 bits per heavy atom. The molecule has 10 heterocycles. The van der Waals surface area contributed by atoms with Crippen molar-refractivity contribution >= 4 is 11.6 Å². The van der Waals surface area contributed by atoms with Crippen LogP contribution in [0.5, 0.6) is 5.75 Å². The Labute approximate surface area is 355 Å². The molecule has 2 aromatic carbocycles. The van der Waals surface area contributed by atoms with Crippen molar-refractivity contribution in [1.82, 2.24) is 58.9 Å². The summed E-state index contributed by atoms with van der Waals surface area (Å²) in [4.78, 5) is 18.5. The van der Waals surface area contributed by atoms with Gasteiger partial charge in [0.2, 0.25) is 0 Å². The lowest BCUT2D eigenvalue weighted by Gasteiger charge is -2.11. The standard InChI is InChI=1S/C21H20N6O3.C20H17ClN6O2.C2H6/c1-26-9-13-7-17-19(21-23-20(25-30-21)12-5-6-29-10-12)22-11-27(17)16-4-3-14(28-2)8-15(16)18(13)24-26;1-26-8-12-6-16-18(20-23-19(25-29-20)11-4-5-28-9-11)22-10-27(16)15-3-2-13(21)7-14(15)17(12)24-26;1-2/h3-4,8-9,11-12H,5-7,10H2,1-2H3;2-3,7-8,10-11H,4-6,9H2,1H3;1-2H3/t12-;11-;/m11./s1. The van der Waals surface area contributed by atoms with Gasteiger partial charge in [-0.05, 0) is 49.2 Å². The molecule has 0 bridgehead atoms. The van der Waals surface area contributed by atoms with E-state index in [9.17, 15) is 0 Å². The molecule has 12 rings (SSSR count). The monoisotopic (exact) mass is 842 g/mol. The third kappa shape index (κ3) is 6.91. The second-order valence-corrected chi connectivity index (χ2v) is 15.5. The zero-order valence-corrected chi connectivity index (χ0v) is 35.1. The molecule has 8 aromatic rings. The average Bonchev–Trinajstić information content (AvgIpc) is 4.12. The molecule has 0 radical (unpaired) electrons. The predicted molar refractivity (Wildman–Crippen MR) is 223 cm³/mol. The summed E-state index contributed by atoms with van der Waals surface area (Å²) in [6, 6.07) is 11.8. The Hall–Kier alpha value is -6.43. The van der Waals surface area contributed by atoms with E-state index in [0.717, 1.165) is 88.2 Å². The molecule has 4 aliphatic heterocycles. The zero-order chi connectivity index (χ0) is 41.8. The lowest BCUT2D eigenvalue weighted by atomic mass is 10.0. The summed E-state index contributed by atoms with van der Waals surface area (Å²) < 4.78 is 35.4. The Bertz CT molecular complexity index is 2870. The number of fused-ring (bicyclic) bond motifs is 10. The van der Waals surface area contributed by atoms with E-state index in [1.54, 1.807) is 13.4 Å². The number of rotatable bonds is 5. The van der Waals surface area contributed by atoms with Crippen LogP contribution >= 0.6 is 11.6 Å². The maximum absolute atomic E-state index is 6.29. The molecule has 18 heteroatoms. The average molecular weight is 843 g/mol. The molecule has 2 fully saturated rings. The fourth-order valence-corrected chi connectivity index (χ4v) is 8.60. The van der Waals surface area contributed by atoms with Gasteiger partial charge < -0.3 is 32.4 Å². The molecule has 2 saturated heterocycles. The molecule has 6 aromatic heterocycles. The van der Waals surface area contributed by atoms with Crippen LogP contribution in [-0.2, 0) is 36.4 Å². The highest BCUT2D eigenvalue weighted by atomic mass is 35.5. The minimum absolute atomic E-state index is 0.182. The number of hydrogen-bond donors (Lipinski definition) is 0. The molecule has 0 aliphatic carbocycles. The first-order valence-corrected chi connectivity index (χ1v) is 20.8. The molecule has 0 amide bonds. The number of imidazole rings is 2. The predicted octanol–water partition coefficient (Wildman–Crippen LogP) is 7.15. The maximum atomic E-state index is 6.29. The number of hydrogen-bond acceptors (Lipinski definition) is 13. The van der Waals surface area contributed by atoms with E-state index < -0.39 is 0 Å². The number of benzene rings is 2. The number of nitrogens with zero attached hydrogens (tertiary/aromatic N) is 12. The molecule has 0 unspecified atom stereocenters. The molecular weight excluding hydrogens is 800 g/mol. The van der Waals surface area contributed by atoms with Crippen molar-refractivity contribution in [3.05, 3.63) is 101 Å². The number of halogens is 1.